The third kappa shape index (κ3) is 3.58. The molecule has 0 unspecified atom stereocenters. The van der Waals surface area contributed by atoms with Gasteiger partial charge >= 0.3 is 0 Å². The lowest BCUT2D eigenvalue weighted by atomic mass is 10.2. The average molecular weight is 259 g/mol. The molecule has 0 spiro atoms. The second-order valence-corrected chi connectivity index (χ2v) is 4.34. The molecule has 1 heterocycles. The molecule has 0 saturated carbocycles. The number of amides is 1. The standard InChI is InChI=1S/C14H17N3O2/c1-11-5-3-4-6-12(11)19-10-14(18)17(2)9-13-15-7-8-16-13/h3-8H,9-10H2,1-2H3,(H,15,16). The highest BCUT2D eigenvalue weighted by Gasteiger charge is 2.11. The number of hydrogen-bond donors (Lipinski definition) is 1. The van der Waals surface area contributed by atoms with E-state index in [2.05, 4.69) is 9.97 Å². The molecular formula is C14H17N3O2. The van der Waals surface area contributed by atoms with Crippen LogP contribution in [0.25, 0.3) is 0 Å². The van der Waals surface area contributed by atoms with Crippen molar-refractivity contribution in [2.45, 2.75) is 13.5 Å². The summed E-state index contributed by atoms with van der Waals surface area (Å²) in [5.41, 5.74) is 1.02. The van der Waals surface area contributed by atoms with Gasteiger partial charge in [0.25, 0.3) is 5.91 Å². The van der Waals surface area contributed by atoms with Crippen LogP contribution >= 0.6 is 0 Å². The van der Waals surface area contributed by atoms with Gasteiger partial charge in [0.2, 0.25) is 0 Å². The van der Waals surface area contributed by atoms with Gasteiger partial charge in [-0.05, 0) is 18.6 Å². The molecule has 0 fully saturated rings. The zero-order valence-electron chi connectivity index (χ0n) is 11.1. The highest BCUT2D eigenvalue weighted by Crippen LogP contribution is 2.16. The number of likely N-dealkylation sites (N-methyl/N-ethyl adjacent to an activating group) is 1. The quantitative estimate of drug-likeness (QED) is 0.890. The predicted molar refractivity (Wildman–Crippen MR) is 71.7 cm³/mol. The van der Waals surface area contributed by atoms with E-state index in [4.69, 9.17) is 4.74 Å². The van der Waals surface area contributed by atoms with Gasteiger partial charge < -0.3 is 14.6 Å². The van der Waals surface area contributed by atoms with Gasteiger partial charge in [-0.1, -0.05) is 18.2 Å². The van der Waals surface area contributed by atoms with E-state index in [1.165, 1.54) is 0 Å². The van der Waals surface area contributed by atoms with E-state index in [1.54, 1.807) is 24.3 Å². The molecule has 0 atom stereocenters. The number of aromatic amines is 1. The first kappa shape index (κ1) is 13.1. The molecule has 1 aromatic heterocycles. The molecule has 5 heteroatoms. The molecule has 2 aromatic rings. The van der Waals surface area contributed by atoms with Crippen molar-refractivity contribution in [2.75, 3.05) is 13.7 Å². The van der Waals surface area contributed by atoms with Crippen molar-refractivity contribution in [3.8, 4) is 5.75 Å². The summed E-state index contributed by atoms with van der Waals surface area (Å²) in [6.07, 6.45) is 3.40. The van der Waals surface area contributed by atoms with Crippen LogP contribution in [-0.4, -0.2) is 34.4 Å². The minimum atomic E-state index is -0.0837. The minimum absolute atomic E-state index is 0.0298. The lowest BCUT2D eigenvalue weighted by Gasteiger charge is -2.16. The van der Waals surface area contributed by atoms with Crippen molar-refractivity contribution in [1.82, 2.24) is 14.9 Å². The SMILES string of the molecule is Cc1ccccc1OCC(=O)N(C)Cc1ncc[nH]1. The molecule has 100 valence electrons. The Kier molecular flexibility index (Phi) is 4.18. The fourth-order valence-electron chi connectivity index (χ4n) is 1.67. The lowest BCUT2D eigenvalue weighted by Crippen LogP contribution is -2.31. The van der Waals surface area contributed by atoms with Crippen LogP contribution in [0.2, 0.25) is 0 Å². The van der Waals surface area contributed by atoms with Gasteiger partial charge in [-0.3, -0.25) is 4.79 Å². The Labute approximate surface area is 112 Å². The van der Waals surface area contributed by atoms with Crippen LogP contribution in [0.1, 0.15) is 11.4 Å². The molecular weight excluding hydrogens is 242 g/mol. The maximum atomic E-state index is 11.9. The number of rotatable bonds is 5. The van der Waals surface area contributed by atoms with Crippen LogP contribution in [0.4, 0.5) is 0 Å². The van der Waals surface area contributed by atoms with Crippen LogP contribution < -0.4 is 4.74 Å². The number of H-pyrrole nitrogens is 1. The number of carbonyl (C=O) groups excluding carboxylic acids is 1. The second-order valence-electron chi connectivity index (χ2n) is 4.34. The third-order valence-electron chi connectivity index (χ3n) is 2.81. The van der Waals surface area contributed by atoms with E-state index in [9.17, 15) is 4.79 Å². The molecule has 1 aromatic carbocycles. The number of aromatic nitrogens is 2. The minimum Gasteiger partial charge on any atom is -0.484 e. The van der Waals surface area contributed by atoms with Gasteiger partial charge in [-0.25, -0.2) is 4.98 Å². The molecule has 0 radical (unpaired) electrons. The average Bonchev–Trinajstić information content (AvgIpc) is 2.90. The molecule has 0 aliphatic carbocycles. The van der Waals surface area contributed by atoms with Gasteiger partial charge in [0, 0.05) is 19.4 Å². The Morgan fingerprint density at radius 2 is 2.21 bits per heavy atom. The first-order chi connectivity index (χ1) is 9.16. The molecule has 5 nitrogen and oxygen atoms in total. The van der Waals surface area contributed by atoms with E-state index in [0.717, 1.165) is 17.1 Å². The van der Waals surface area contributed by atoms with Crippen molar-refractivity contribution in [1.29, 1.82) is 0 Å². The molecule has 0 bridgehead atoms. The molecule has 0 aliphatic heterocycles. The summed E-state index contributed by atoms with van der Waals surface area (Å²) in [4.78, 5) is 20.5. The van der Waals surface area contributed by atoms with Crippen molar-refractivity contribution >= 4 is 5.91 Å². The van der Waals surface area contributed by atoms with Crippen molar-refractivity contribution in [3.63, 3.8) is 0 Å². The summed E-state index contributed by atoms with van der Waals surface area (Å²) in [6, 6.07) is 7.63. The van der Waals surface area contributed by atoms with Crippen molar-refractivity contribution in [2.24, 2.45) is 0 Å². The smallest absolute Gasteiger partial charge is 0.260 e. The summed E-state index contributed by atoms with van der Waals surface area (Å²) >= 11 is 0. The normalized spacial score (nSPS) is 10.2. The Morgan fingerprint density at radius 1 is 1.42 bits per heavy atom. The molecule has 19 heavy (non-hydrogen) atoms. The maximum Gasteiger partial charge on any atom is 0.260 e. The number of ether oxygens (including phenoxy) is 1. The Balaban J connectivity index is 1.86. The predicted octanol–water partition coefficient (Wildman–Crippen LogP) is 1.76. The van der Waals surface area contributed by atoms with E-state index in [1.807, 2.05) is 31.2 Å². The van der Waals surface area contributed by atoms with E-state index in [0.29, 0.717) is 6.54 Å². The largest absolute Gasteiger partial charge is 0.484 e. The fraction of sp³-hybridized carbons (Fsp3) is 0.286. The summed E-state index contributed by atoms with van der Waals surface area (Å²) in [5.74, 6) is 1.41. The third-order valence-corrected chi connectivity index (χ3v) is 2.81. The number of nitrogens with zero attached hydrogens (tertiary/aromatic N) is 2. The monoisotopic (exact) mass is 259 g/mol. The number of para-hydroxylation sites is 1. The van der Waals surface area contributed by atoms with Crippen LogP contribution in [-0.2, 0) is 11.3 Å². The first-order valence-electron chi connectivity index (χ1n) is 6.07. The van der Waals surface area contributed by atoms with Gasteiger partial charge in [0.05, 0.1) is 6.54 Å². The van der Waals surface area contributed by atoms with Gasteiger partial charge in [0.1, 0.15) is 11.6 Å². The van der Waals surface area contributed by atoms with Crippen LogP contribution in [0.3, 0.4) is 0 Å². The summed E-state index contributed by atoms with van der Waals surface area (Å²) in [6.45, 7) is 2.43. The number of hydrogen-bond acceptors (Lipinski definition) is 3. The topological polar surface area (TPSA) is 58.2 Å². The van der Waals surface area contributed by atoms with Crippen LogP contribution in [0.5, 0.6) is 5.75 Å². The van der Waals surface area contributed by atoms with Crippen LogP contribution in [0, 0.1) is 6.92 Å². The van der Waals surface area contributed by atoms with Gasteiger partial charge in [-0.15, -0.1) is 0 Å². The highest BCUT2D eigenvalue weighted by molar-refractivity contribution is 5.77. The number of benzene rings is 1. The molecule has 1 amide bonds. The van der Waals surface area contributed by atoms with E-state index in [-0.39, 0.29) is 12.5 Å². The number of aryl methyl sites for hydroxylation is 1. The number of carbonyl (C=O) groups is 1. The van der Waals surface area contributed by atoms with Crippen molar-refractivity contribution < 1.29 is 9.53 Å². The van der Waals surface area contributed by atoms with Gasteiger partial charge in [0.15, 0.2) is 6.61 Å². The number of nitrogens with one attached hydrogen (secondary N) is 1. The Morgan fingerprint density at radius 3 is 2.89 bits per heavy atom. The molecule has 0 saturated heterocycles. The zero-order valence-corrected chi connectivity index (χ0v) is 11.1. The second kappa shape index (κ2) is 6.04. The first-order valence-corrected chi connectivity index (χ1v) is 6.07. The summed E-state index contributed by atoms with van der Waals surface area (Å²) in [5, 5.41) is 0. The Hall–Kier alpha value is -2.30. The molecule has 0 aliphatic rings. The highest BCUT2D eigenvalue weighted by atomic mass is 16.5. The zero-order chi connectivity index (χ0) is 13.7. The maximum absolute atomic E-state index is 11.9. The van der Waals surface area contributed by atoms with Gasteiger partial charge in [-0.2, -0.15) is 0 Å². The number of imidazole rings is 1. The lowest BCUT2D eigenvalue weighted by molar-refractivity contribution is -0.132. The molecule has 1 N–H and O–H groups in total. The van der Waals surface area contributed by atoms with Crippen LogP contribution in [0.15, 0.2) is 36.7 Å². The fourth-order valence-corrected chi connectivity index (χ4v) is 1.67. The van der Waals surface area contributed by atoms with Crippen molar-refractivity contribution in [3.05, 3.63) is 48.0 Å². The molecule has 2 rings (SSSR count). The van der Waals surface area contributed by atoms with E-state index < -0.39 is 0 Å². The summed E-state index contributed by atoms with van der Waals surface area (Å²) < 4.78 is 5.52. The van der Waals surface area contributed by atoms with E-state index >= 15 is 0 Å². The summed E-state index contributed by atoms with van der Waals surface area (Å²) in [7, 11) is 1.73. The Bertz CT molecular complexity index is 537.